The molecule has 0 spiro atoms. The smallest absolute Gasteiger partial charge is 0.307 e. The summed E-state index contributed by atoms with van der Waals surface area (Å²) in [5.74, 6) is -0.808. The molecule has 0 amide bonds. The molecule has 1 aromatic rings. The summed E-state index contributed by atoms with van der Waals surface area (Å²) < 4.78 is 0. The Morgan fingerprint density at radius 2 is 2.14 bits per heavy atom. The molecule has 0 aliphatic carbocycles. The number of hydrogen-bond acceptors (Lipinski definition) is 1. The van der Waals surface area contributed by atoms with E-state index in [2.05, 4.69) is 15.9 Å². The zero-order valence-corrected chi connectivity index (χ0v) is 9.20. The number of carboxylic acid groups (broad SMARTS) is 1. The standard InChI is InChI=1S/C11H11BrO2/c12-8-10-5-2-1-4-9(10)6-3-7-11(13)14/h1-6H,7-8H2,(H,13,14). The molecule has 0 aliphatic rings. The van der Waals surface area contributed by atoms with Gasteiger partial charge in [0.25, 0.3) is 0 Å². The van der Waals surface area contributed by atoms with Gasteiger partial charge in [0.2, 0.25) is 0 Å². The molecule has 0 aliphatic heterocycles. The average Bonchev–Trinajstić information content (AvgIpc) is 2.18. The van der Waals surface area contributed by atoms with Gasteiger partial charge in [-0.15, -0.1) is 0 Å². The predicted octanol–water partition coefficient (Wildman–Crippen LogP) is 3.07. The molecule has 0 saturated heterocycles. The second-order valence-electron chi connectivity index (χ2n) is 2.83. The Labute approximate surface area is 91.4 Å². The van der Waals surface area contributed by atoms with E-state index in [1.54, 1.807) is 6.08 Å². The largest absolute Gasteiger partial charge is 0.481 e. The lowest BCUT2D eigenvalue weighted by molar-refractivity contribution is -0.135. The first-order valence-corrected chi connectivity index (χ1v) is 5.38. The van der Waals surface area contributed by atoms with Gasteiger partial charge in [-0.1, -0.05) is 52.3 Å². The topological polar surface area (TPSA) is 37.3 Å². The van der Waals surface area contributed by atoms with Gasteiger partial charge in [-0.05, 0) is 11.1 Å². The van der Waals surface area contributed by atoms with E-state index in [1.165, 1.54) is 0 Å². The molecule has 3 heteroatoms. The number of hydrogen-bond donors (Lipinski definition) is 1. The van der Waals surface area contributed by atoms with Crippen LogP contribution in [-0.2, 0) is 10.1 Å². The van der Waals surface area contributed by atoms with Crippen LogP contribution in [0.15, 0.2) is 30.3 Å². The van der Waals surface area contributed by atoms with Gasteiger partial charge in [0.1, 0.15) is 0 Å². The van der Waals surface area contributed by atoms with Crippen LogP contribution >= 0.6 is 15.9 Å². The Kier molecular flexibility index (Phi) is 4.40. The highest BCUT2D eigenvalue weighted by Gasteiger charge is 1.96. The molecule has 0 fully saturated rings. The number of carbonyl (C=O) groups is 1. The lowest BCUT2D eigenvalue weighted by Gasteiger charge is -2.00. The van der Waals surface area contributed by atoms with Gasteiger partial charge in [0.05, 0.1) is 6.42 Å². The summed E-state index contributed by atoms with van der Waals surface area (Å²) >= 11 is 3.38. The van der Waals surface area contributed by atoms with Crippen molar-refractivity contribution >= 4 is 28.0 Å². The second kappa shape index (κ2) is 5.60. The van der Waals surface area contributed by atoms with E-state index in [1.807, 2.05) is 30.3 Å². The van der Waals surface area contributed by atoms with Crippen LogP contribution < -0.4 is 0 Å². The fourth-order valence-electron chi connectivity index (χ4n) is 1.11. The molecule has 0 atom stereocenters. The summed E-state index contributed by atoms with van der Waals surface area (Å²) in [6.45, 7) is 0. The molecule has 0 saturated carbocycles. The van der Waals surface area contributed by atoms with Crippen LogP contribution in [0.25, 0.3) is 6.08 Å². The van der Waals surface area contributed by atoms with E-state index >= 15 is 0 Å². The van der Waals surface area contributed by atoms with Crippen molar-refractivity contribution in [3.63, 3.8) is 0 Å². The summed E-state index contributed by atoms with van der Waals surface area (Å²) in [4.78, 5) is 10.3. The Morgan fingerprint density at radius 1 is 1.43 bits per heavy atom. The molecule has 0 radical (unpaired) electrons. The Hall–Kier alpha value is -1.09. The third kappa shape index (κ3) is 3.34. The maximum absolute atomic E-state index is 10.3. The van der Waals surface area contributed by atoms with E-state index in [0.29, 0.717) is 0 Å². The number of halogens is 1. The SMILES string of the molecule is O=C(O)CC=Cc1ccccc1CBr. The fraction of sp³-hybridized carbons (Fsp3) is 0.182. The zero-order chi connectivity index (χ0) is 10.4. The van der Waals surface area contributed by atoms with Gasteiger partial charge in [-0.25, -0.2) is 0 Å². The van der Waals surface area contributed by atoms with Crippen LogP contribution in [0.4, 0.5) is 0 Å². The van der Waals surface area contributed by atoms with Gasteiger partial charge in [0.15, 0.2) is 0 Å². The predicted molar refractivity (Wildman–Crippen MR) is 60.4 cm³/mol. The molecule has 2 nitrogen and oxygen atoms in total. The third-order valence-corrected chi connectivity index (χ3v) is 2.39. The Balaban J connectivity index is 2.75. The molecule has 74 valence electrons. The first-order valence-electron chi connectivity index (χ1n) is 4.26. The van der Waals surface area contributed by atoms with Crippen LogP contribution in [0.2, 0.25) is 0 Å². The highest BCUT2D eigenvalue weighted by atomic mass is 79.9. The van der Waals surface area contributed by atoms with Crippen LogP contribution in [0.3, 0.4) is 0 Å². The van der Waals surface area contributed by atoms with Crippen molar-refractivity contribution in [3.05, 3.63) is 41.5 Å². The first-order chi connectivity index (χ1) is 6.74. The maximum Gasteiger partial charge on any atom is 0.307 e. The van der Waals surface area contributed by atoms with Crippen LogP contribution in [0.5, 0.6) is 0 Å². The Morgan fingerprint density at radius 3 is 2.79 bits per heavy atom. The maximum atomic E-state index is 10.3. The minimum absolute atomic E-state index is 0.0661. The van der Waals surface area contributed by atoms with Crippen molar-refractivity contribution in [2.24, 2.45) is 0 Å². The van der Waals surface area contributed by atoms with Crippen molar-refractivity contribution < 1.29 is 9.90 Å². The molecular weight excluding hydrogens is 244 g/mol. The zero-order valence-electron chi connectivity index (χ0n) is 7.61. The lowest BCUT2D eigenvalue weighted by atomic mass is 10.1. The summed E-state index contributed by atoms with van der Waals surface area (Å²) in [6, 6.07) is 7.88. The van der Waals surface area contributed by atoms with Crippen LogP contribution in [-0.4, -0.2) is 11.1 Å². The molecule has 0 heterocycles. The van der Waals surface area contributed by atoms with Gasteiger partial charge >= 0.3 is 5.97 Å². The quantitative estimate of drug-likeness (QED) is 0.839. The molecule has 14 heavy (non-hydrogen) atoms. The van der Waals surface area contributed by atoms with Crippen LogP contribution in [0, 0.1) is 0 Å². The van der Waals surface area contributed by atoms with Crippen molar-refractivity contribution in [2.75, 3.05) is 0 Å². The molecule has 0 unspecified atom stereocenters. The summed E-state index contributed by atoms with van der Waals surface area (Å²) in [5.41, 5.74) is 2.22. The number of alkyl halides is 1. The summed E-state index contributed by atoms with van der Waals surface area (Å²) in [6.07, 6.45) is 3.56. The number of aliphatic carboxylic acids is 1. The average molecular weight is 255 g/mol. The fourth-order valence-corrected chi connectivity index (χ4v) is 1.62. The number of benzene rings is 1. The normalized spacial score (nSPS) is 10.6. The molecule has 1 rings (SSSR count). The highest BCUT2D eigenvalue weighted by Crippen LogP contribution is 2.14. The molecule has 0 aromatic heterocycles. The van der Waals surface area contributed by atoms with Crippen molar-refractivity contribution in [3.8, 4) is 0 Å². The summed E-state index contributed by atoms with van der Waals surface area (Å²) in [7, 11) is 0. The molecular formula is C11H11BrO2. The Bertz CT molecular complexity index is 345. The number of rotatable bonds is 4. The van der Waals surface area contributed by atoms with Gasteiger partial charge < -0.3 is 5.11 Å². The van der Waals surface area contributed by atoms with Crippen molar-refractivity contribution in [1.29, 1.82) is 0 Å². The van der Waals surface area contributed by atoms with E-state index < -0.39 is 5.97 Å². The van der Waals surface area contributed by atoms with Gasteiger partial charge in [-0.3, -0.25) is 4.79 Å². The lowest BCUT2D eigenvalue weighted by Crippen LogP contribution is -1.90. The van der Waals surface area contributed by atoms with E-state index in [4.69, 9.17) is 5.11 Å². The first kappa shape index (κ1) is 11.0. The minimum atomic E-state index is -0.808. The van der Waals surface area contributed by atoms with Crippen LogP contribution in [0.1, 0.15) is 17.5 Å². The highest BCUT2D eigenvalue weighted by molar-refractivity contribution is 9.08. The van der Waals surface area contributed by atoms with Crippen molar-refractivity contribution in [2.45, 2.75) is 11.8 Å². The summed E-state index contributed by atoms with van der Waals surface area (Å²) in [5, 5.41) is 9.24. The second-order valence-corrected chi connectivity index (χ2v) is 3.39. The van der Waals surface area contributed by atoms with E-state index in [0.717, 1.165) is 16.5 Å². The monoisotopic (exact) mass is 254 g/mol. The molecule has 1 N–H and O–H groups in total. The van der Waals surface area contributed by atoms with Gasteiger partial charge in [-0.2, -0.15) is 0 Å². The van der Waals surface area contributed by atoms with E-state index in [9.17, 15) is 4.79 Å². The number of carboxylic acids is 1. The third-order valence-electron chi connectivity index (χ3n) is 1.79. The molecule has 1 aromatic carbocycles. The van der Waals surface area contributed by atoms with E-state index in [-0.39, 0.29) is 6.42 Å². The van der Waals surface area contributed by atoms with Crippen molar-refractivity contribution in [1.82, 2.24) is 0 Å². The minimum Gasteiger partial charge on any atom is -0.481 e. The van der Waals surface area contributed by atoms with Gasteiger partial charge in [0, 0.05) is 5.33 Å². The molecule has 0 bridgehead atoms.